The monoisotopic (exact) mass is 406 g/mol. The first-order chi connectivity index (χ1) is 9.88. The zero-order chi connectivity index (χ0) is 15.6. The summed E-state index contributed by atoms with van der Waals surface area (Å²) in [6.45, 7) is 0. The van der Waals surface area contributed by atoms with Crippen molar-refractivity contribution in [2.45, 2.75) is 10.6 Å². The molecule has 1 unspecified atom stereocenters. The summed E-state index contributed by atoms with van der Waals surface area (Å²) < 4.78 is 12.8. The minimum absolute atomic E-state index is 0.0676. The zero-order valence-corrected chi connectivity index (χ0v) is 14.4. The van der Waals surface area contributed by atoms with Crippen molar-refractivity contribution in [1.29, 1.82) is 0 Å². The summed E-state index contributed by atoms with van der Waals surface area (Å²) >= 11 is 15.1. The molecular formula is C14H9BrCl2O3S. The van der Waals surface area contributed by atoms with Gasteiger partial charge in [0.05, 0.1) is 22.1 Å². The van der Waals surface area contributed by atoms with E-state index in [2.05, 4.69) is 15.9 Å². The molecule has 0 amide bonds. The molecule has 0 saturated carbocycles. The molecule has 0 heterocycles. The van der Waals surface area contributed by atoms with Crippen LogP contribution in [0.3, 0.4) is 0 Å². The number of halogens is 3. The molecule has 0 saturated heterocycles. The van der Waals surface area contributed by atoms with E-state index >= 15 is 0 Å². The Morgan fingerprint density at radius 1 is 1.19 bits per heavy atom. The van der Waals surface area contributed by atoms with Crippen LogP contribution in [0, 0.1) is 0 Å². The summed E-state index contributed by atoms with van der Waals surface area (Å²) in [7, 11) is -1.42. The molecule has 0 aliphatic carbocycles. The normalized spacial score (nSPS) is 12.1. The fourth-order valence-corrected chi connectivity index (χ4v) is 3.72. The first-order valence-electron chi connectivity index (χ1n) is 5.73. The van der Waals surface area contributed by atoms with Crippen LogP contribution in [0.25, 0.3) is 0 Å². The van der Waals surface area contributed by atoms with Crippen molar-refractivity contribution < 1.29 is 14.1 Å². The van der Waals surface area contributed by atoms with Crippen molar-refractivity contribution in [2.75, 3.05) is 0 Å². The Morgan fingerprint density at radius 2 is 1.90 bits per heavy atom. The summed E-state index contributed by atoms with van der Waals surface area (Å²) in [5, 5.41) is 10.1. The van der Waals surface area contributed by atoms with Crippen molar-refractivity contribution in [3.63, 3.8) is 0 Å². The predicted octanol–water partition coefficient (Wildman–Crippen LogP) is 4.76. The largest absolute Gasteiger partial charge is 0.478 e. The van der Waals surface area contributed by atoms with Crippen molar-refractivity contribution in [3.05, 3.63) is 62.0 Å². The molecule has 1 atom stereocenters. The van der Waals surface area contributed by atoms with Gasteiger partial charge in [-0.3, -0.25) is 4.21 Å². The van der Waals surface area contributed by atoms with Crippen LogP contribution in [-0.4, -0.2) is 15.3 Å². The molecule has 1 N–H and O–H groups in total. The highest BCUT2D eigenvalue weighted by molar-refractivity contribution is 9.10. The van der Waals surface area contributed by atoms with E-state index in [1.807, 2.05) is 0 Å². The fraction of sp³-hybridized carbons (Fsp3) is 0.0714. The van der Waals surface area contributed by atoms with Crippen molar-refractivity contribution >= 4 is 55.9 Å². The zero-order valence-electron chi connectivity index (χ0n) is 10.5. The van der Waals surface area contributed by atoms with Gasteiger partial charge in [0.1, 0.15) is 0 Å². The molecular weight excluding hydrogens is 399 g/mol. The molecule has 0 aromatic heterocycles. The lowest BCUT2D eigenvalue weighted by Crippen LogP contribution is -2.02. The van der Waals surface area contributed by atoms with E-state index in [1.54, 1.807) is 30.3 Å². The summed E-state index contributed by atoms with van der Waals surface area (Å²) in [6.07, 6.45) is 0. The number of hydrogen-bond acceptors (Lipinski definition) is 2. The Balaban J connectivity index is 2.30. The van der Waals surface area contributed by atoms with Crippen molar-refractivity contribution in [2.24, 2.45) is 0 Å². The lowest BCUT2D eigenvalue weighted by molar-refractivity contribution is 0.0695. The Labute approximate surface area is 142 Å². The Morgan fingerprint density at radius 3 is 2.57 bits per heavy atom. The minimum atomic E-state index is -1.42. The van der Waals surface area contributed by atoms with Gasteiger partial charge in [0, 0.05) is 19.4 Å². The van der Waals surface area contributed by atoms with Gasteiger partial charge in [-0.25, -0.2) is 4.79 Å². The first-order valence-corrected chi connectivity index (χ1v) is 8.60. The smallest absolute Gasteiger partial charge is 0.336 e. The lowest BCUT2D eigenvalue weighted by Gasteiger charge is -2.07. The van der Waals surface area contributed by atoms with E-state index in [1.165, 1.54) is 6.07 Å². The van der Waals surface area contributed by atoms with Gasteiger partial charge in [-0.15, -0.1) is 0 Å². The molecule has 2 aromatic carbocycles. The van der Waals surface area contributed by atoms with Crippen molar-refractivity contribution in [3.8, 4) is 0 Å². The summed E-state index contributed by atoms with van der Waals surface area (Å²) in [5.41, 5.74) is 0.723. The van der Waals surface area contributed by atoms with Crippen LogP contribution in [0.2, 0.25) is 10.0 Å². The molecule has 21 heavy (non-hydrogen) atoms. The maximum Gasteiger partial charge on any atom is 0.336 e. The van der Waals surface area contributed by atoms with Gasteiger partial charge < -0.3 is 5.11 Å². The number of carboxylic acids is 1. The van der Waals surface area contributed by atoms with Crippen LogP contribution in [0.5, 0.6) is 0 Å². The maximum absolute atomic E-state index is 12.4. The molecule has 3 nitrogen and oxygen atoms in total. The second kappa shape index (κ2) is 6.92. The van der Waals surface area contributed by atoms with Crippen LogP contribution < -0.4 is 0 Å². The van der Waals surface area contributed by atoms with E-state index in [4.69, 9.17) is 28.3 Å². The topological polar surface area (TPSA) is 54.4 Å². The van der Waals surface area contributed by atoms with Gasteiger partial charge in [0.15, 0.2) is 0 Å². The van der Waals surface area contributed by atoms with E-state index < -0.39 is 16.8 Å². The molecule has 0 spiro atoms. The molecule has 0 aliphatic rings. The maximum atomic E-state index is 12.4. The van der Waals surface area contributed by atoms with E-state index in [9.17, 15) is 9.00 Å². The van der Waals surface area contributed by atoms with Crippen LogP contribution in [0.4, 0.5) is 0 Å². The van der Waals surface area contributed by atoms with Gasteiger partial charge in [0.25, 0.3) is 0 Å². The van der Waals surface area contributed by atoms with E-state index in [0.717, 1.165) is 0 Å². The quantitative estimate of drug-likeness (QED) is 0.794. The van der Waals surface area contributed by atoms with E-state index in [0.29, 0.717) is 25.0 Å². The highest BCUT2D eigenvalue weighted by atomic mass is 79.9. The highest BCUT2D eigenvalue weighted by Gasteiger charge is 2.14. The number of carbonyl (C=O) groups is 1. The standard InChI is InChI=1S/C14H9BrCl2O3S/c15-12-3-2-10(6-11(12)14(18)19)21(20)7-8-5-9(16)1-4-13(8)17/h1-6H,7H2,(H,18,19). The molecule has 2 rings (SSSR count). The highest BCUT2D eigenvalue weighted by Crippen LogP contribution is 2.25. The molecule has 2 aromatic rings. The summed E-state index contributed by atoms with van der Waals surface area (Å²) in [6, 6.07) is 9.51. The fourth-order valence-electron chi connectivity index (χ4n) is 1.69. The first kappa shape index (κ1) is 16.5. The number of rotatable bonds is 4. The Bertz CT molecular complexity index is 734. The van der Waals surface area contributed by atoms with Gasteiger partial charge in [-0.1, -0.05) is 23.2 Å². The van der Waals surface area contributed by atoms with Gasteiger partial charge in [-0.05, 0) is 57.9 Å². The summed E-state index contributed by atoms with van der Waals surface area (Å²) in [4.78, 5) is 11.5. The molecule has 7 heteroatoms. The van der Waals surface area contributed by atoms with E-state index in [-0.39, 0.29) is 11.3 Å². The van der Waals surface area contributed by atoms with Crippen LogP contribution in [-0.2, 0) is 16.6 Å². The Hall–Kier alpha value is -0.880. The molecule has 0 bridgehead atoms. The second-order valence-electron chi connectivity index (χ2n) is 4.17. The number of aromatic carboxylic acids is 1. The molecule has 110 valence electrons. The molecule has 0 radical (unpaired) electrons. The second-order valence-corrected chi connectivity index (χ2v) is 7.32. The van der Waals surface area contributed by atoms with Gasteiger partial charge >= 0.3 is 5.97 Å². The summed E-state index contributed by atoms with van der Waals surface area (Å²) in [5.74, 6) is -0.915. The Kier molecular flexibility index (Phi) is 5.43. The SMILES string of the molecule is O=C(O)c1cc(S(=O)Cc2cc(Cl)ccc2Cl)ccc1Br. The van der Waals surface area contributed by atoms with Crippen LogP contribution >= 0.6 is 39.1 Å². The third-order valence-corrected chi connectivity index (χ3v) is 5.37. The number of benzene rings is 2. The lowest BCUT2D eigenvalue weighted by atomic mass is 10.2. The minimum Gasteiger partial charge on any atom is -0.478 e. The van der Waals surface area contributed by atoms with Gasteiger partial charge in [-0.2, -0.15) is 0 Å². The predicted molar refractivity (Wildman–Crippen MR) is 87.7 cm³/mol. The third-order valence-electron chi connectivity index (χ3n) is 2.73. The molecule has 0 fully saturated rings. The van der Waals surface area contributed by atoms with Crippen molar-refractivity contribution in [1.82, 2.24) is 0 Å². The third kappa shape index (κ3) is 4.07. The average Bonchev–Trinajstić information content (AvgIpc) is 2.43. The number of hydrogen-bond donors (Lipinski definition) is 1. The van der Waals surface area contributed by atoms with Gasteiger partial charge in [0.2, 0.25) is 0 Å². The molecule has 0 aliphatic heterocycles. The number of carboxylic acid groups (broad SMARTS) is 1. The van der Waals surface area contributed by atoms with Crippen LogP contribution in [0.15, 0.2) is 45.8 Å². The average molecular weight is 408 g/mol. The van der Waals surface area contributed by atoms with Crippen LogP contribution in [0.1, 0.15) is 15.9 Å².